The lowest BCUT2D eigenvalue weighted by Gasteiger charge is -2.15. The van der Waals surface area contributed by atoms with Gasteiger partial charge in [0.1, 0.15) is 12.4 Å². The summed E-state index contributed by atoms with van der Waals surface area (Å²) in [4.78, 5) is 16.3. The van der Waals surface area contributed by atoms with Crippen LogP contribution in [-0.4, -0.2) is 24.1 Å². The van der Waals surface area contributed by atoms with Crippen LogP contribution in [0, 0.1) is 18.3 Å². The number of aryl methyl sites for hydroxylation is 1. The Hall–Kier alpha value is -3.39. The third kappa shape index (κ3) is 3.50. The molecular weight excluding hydrogens is 326 g/mol. The Bertz CT molecular complexity index is 1010. The van der Waals surface area contributed by atoms with Crippen LogP contribution < -0.4 is 5.32 Å². The lowest BCUT2D eigenvalue weighted by Crippen LogP contribution is -2.17. The van der Waals surface area contributed by atoms with Gasteiger partial charge in [-0.3, -0.25) is 4.79 Å². The molecule has 5 heteroatoms. The highest BCUT2D eigenvalue weighted by Gasteiger charge is 2.14. The van der Waals surface area contributed by atoms with E-state index in [0.29, 0.717) is 18.0 Å². The highest BCUT2D eigenvalue weighted by Crippen LogP contribution is 2.34. The van der Waals surface area contributed by atoms with E-state index in [9.17, 15) is 10.1 Å². The summed E-state index contributed by atoms with van der Waals surface area (Å²) >= 11 is 0. The zero-order valence-electron chi connectivity index (χ0n) is 14.7. The highest BCUT2D eigenvalue weighted by molar-refractivity contribution is 6.03. The Kier molecular flexibility index (Phi) is 5.14. The molecule has 0 spiro atoms. The number of esters is 1. The minimum Gasteiger partial charge on any atom is -0.465 e. The van der Waals surface area contributed by atoms with E-state index in [1.54, 1.807) is 13.0 Å². The first-order valence-electron chi connectivity index (χ1n) is 8.43. The number of nitrogens with zero attached hydrogens (tertiary/aromatic N) is 2. The number of rotatable bonds is 5. The van der Waals surface area contributed by atoms with Gasteiger partial charge in [0.15, 0.2) is 0 Å². The van der Waals surface area contributed by atoms with Gasteiger partial charge in [0.05, 0.1) is 18.2 Å². The van der Waals surface area contributed by atoms with Gasteiger partial charge in [0.2, 0.25) is 0 Å². The third-order valence-electron chi connectivity index (χ3n) is 4.08. The molecule has 3 aromatic rings. The quantitative estimate of drug-likeness (QED) is 0.706. The van der Waals surface area contributed by atoms with E-state index in [1.807, 2.05) is 49.4 Å². The van der Waals surface area contributed by atoms with Crippen LogP contribution in [-0.2, 0) is 9.53 Å². The number of carbonyl (C=O) groups is 1. The standard InChI is InChI=1S/C21H19N3O2/c1-3-26-19(25)13-23-21-18-10-5-4-9-17(18)20(14(2)24-21)16-8-6-7-15(11-16)12-22/h4-11H,3,13H2,1-2H3,(H,23,24). The number of nitriles is 1. The molecule has 1 aromatic heterocycles. The smallest absolute Gasteiger partial charge is 0.325 e. The molecule has 26 heavy (non-hydrogen) atoms. The molecule has 0 bridgehead atoms. The van der Waals surface area contributed by atoms with Crippen LogP contribution in [0.15, 0.2) is 48.5 Å². The molecule has 130 valence electrons. The molecule has 2 aromatic carbocycles. The molecular formula is C21H19N3O2. The molecule has 3 rings (SSSR count). The normalized spacial score (nSPS) is 10.3. The van der Waals surface area contributed by atoms with Gasteiger partial charge in [0.25, 0.3) is 0 Å². The van der Waals surface area contributed by atoms with E-state index < -0.39 is 0 Å². The van der Waals surface area contributed by atoms with Crippen molar-refractivity contribution in [1.82, 2.24) is 4.98 Å². The van der Waals surface area contributed by atoms with E-state index in [2.05, 4.69) is 16.4 Å². The van der Waals surface area contributed by atoms with Crippen molar-refractivity contribution in [2.75, 3.05) is 18.5 Å². The lowest BCUT2D eigenvalue weighted by molar-refractivity contribution is -0.140. The minimum absolute atomic E-state index is 0.0630. The first-order chi connectivity index (χ1) is 12.6. The molecule has 0 atom stereocenters. The molecule has 0 aliphatic rings. The van der Waals surface area contributed by atoms with Gasteiger partial charge < -0.3 is 10.1 Å². The number of ether oxygens (including phenoxy) is 1. The zero-order valence-corrected chi connectivity index (χ0v) is 14.7. The second-order valence-electron chi connectivity index (χ2n) is 5.82. The van der Waals surface area contributed by atoms with Gasteiger partial charge >= 0.3 is 5.97 Å². The van der Waals surface area contributed by atoms with Gasteiger partial charge in [-0.05, 0) is 36.9 Å². The number of benzene rings is 2. The van der Waals surface area contributed by atoms with Crippen LogP contribution in [0.5, 0.6) is 0 Å². The van der Waals surface area contributed by atoms with Gasteiger partial charge in [-0.25, -0.2) is 4.98 Å². The van der Waals surface area contributed by atoms with Crippen LogP contribution in [0.1, 0.15) is 18.2 Å². The summed E-state index contributed by atoms with van der Waals surface area (Å²) < 4.78 is 4.96. The molecule has 0 amide bonds. The van der Waals surface area contributed by atoms with Gasteiger partial charge in [0, 0.05) is 16.6 Å². The average Bonchev–Trinajstić information content (AvgIpc) is 2.66. The SMILES string of the molecule is CCOC(=O)CNc1nc(C)c(-c2cccc(C#N)c2)c2ccccc12. The lowest BCUT2D eigenvalue weighted by atomic mass is 9.96. The minimum atomic E-state index is -0.318. The Labute approximate surface area is 152 Å². The second kappa shape index (κ2) is 7.66. The molecule has 1 heterocycles. The average molecular weight is 345 g/mol. The van der Waals surface area contributed by atoms with Crippen molar-refractivity contribution in [3.05, 3.63) is 59.8 Å². The fourth-order valence-corrected chi connectivity index (χ4v) is 3.00. The van der Waals surface area contributed by atoms with Crippen LogP contribution in [0.2, 0.25) is 0 Å². The number of fused-ring (bicyclic) bond motifs is 1. The number of hydrogen-bond donors (Lipinski definition) is 1. The van der Waals surface area contributed by atoms with Crippen molar-refractivity contribution in [1.29, 1.82) is 5.26 Å². The van der Waals surface area contributed by atoms with Crippen molar-refractivity contribution in [3.8, 4) is 17.2 Å². The number of aromatic nitrogens is 1. The molecule has 0 fully saturated rings. The zero-order chi connectivity index (χ0) is 18.5. The van der Waals surface area contributed by atoms with Crippen molar-refractivity contribution in [3.63, 3.8) is 0 Å². The highest BCUT2D eigenvalue weighted by atomic mass is 16.5. The first-order valence-corrected chi connectivity index (χ1v) is 8.43. The van der Waals surface area contributed by atoms with Crippen molar-refractivity contribution < 1.29 is 9.53 Å². The van der Waals surface area contributed by atoms with E-state index in [-0.39, 0.29) is 12.5 Å². The van der Waals surface area contributed by atoms with Gasteiger partial charge in [-0.2, -0.15) is 5.26 Å². The number of carbonyl (C=O) groups excluding carboxylic acids is 1. The van der Waals surface area contributed by atoms with Crippen LogP contribution in [0.25, 0.3) is 21.9 Å². The fourth-order valence-electron chi connectivity index (χ4n) is 3.00. The van der Waals surface area contributed by atoms with E-state index in [0.717, 1.165) is 27.6 Å². The van der Waals surface area contributed by atoms with Crippen molar-refractivity contribution >= 4 is 22.6 Å². The molecule has 1 N–H and O–H groups in total. The summed E-state index contributed by atoms with van der Waals surface area (Å²) in [5, 5.41) is 14.2. The van der Waals surface area contributed by atoms with Gasteiger partial charge in [-0.1, -0.05) is 36.4 Å². The maximum absolute atomic E-state index is 11.7. The van der Waals surface area contributed by atoms with E-state index in [4.69, 9.17) is 4.74 Å². The molecule has 0 saturated heterocycles. The van der Waals surface area contributed by atoms with Crippen LogP contribution >= 0.6 is 0 Å². The molecule has 0 saturated carbocycles. The number of hydrogen-bond acceptors (Lipinski definition) is 5. The van der Waals surface area contributed by atoms with Crippen molar-refractivity contribution in [2.45, 2.75) is 13.8 Å². The summed E-state index contributed by atoms with van der Waals surface area (Å²) in [5.41, 5.74) is 3.36. The summed E-state index contributed by atoms with van der Waals surface area (Å²) in [6.45, 7) is 4.12. The molecule has 0 unspecified atom stereocenters. The summed E-state index contributed by atoms with van der Waals surface area (Å²) in [6, 6.07) is 17.6. The summed E-state index contributed by atoms with van der Waals surface area (Å²) in [7, 11) is 0. The second-order valence-corrected chi connectivity index (χ2v) is 5.82. The van der Waals surface area contributed by atoms with Crippen LogP contribution in [0.4, 0.5) is 5.82 Å². The number of anilines is 1. The Balaban J connectivity index is 2.09. The largest absolute Gasteiger partial charge is 0.465 e. The maximum Gasteiger partial charge on any atom is 0.325 e. The van der Waals surface area contributed by atoms with Crippen LogP contribution in [0.3, 0.4) is 0 Å². The molecule has 0 radical (unpaired) electrons. The number of pyridine rings is 1. The number of nitrogens with one attached hydrogen (secondary N) is 1. The third-order valence-corrected chi connectivity index (χ3v) is 4.08. The summed E-state index contributed by atoms with van der Waals surface area (Å²) in [6.07, 6.45) is 0. The maximum atomic E-state index is 11.7. The molecule has 5 nitrogen and oxygen atoms in total. The van der Waals surface area contributed by atoms with Gasteiger partial charge in [-0.15, -0.1) is 0 Å². The predicted octanol–water partition coefficient (Wildman–Crippen LogP) is 4.06. The topological polar surface area (TPSA) is 75.0 Å². The molecule has 0 aliphatic carbocycles. The first kappa shape index (κ1) is 17.4. The summed E-state index contributed by atoms with van der Waals surface area (Å²) in [5.74, 6) is 0.327. The fraction of sp³-hybridized carbons (Fsp3) is 0.190. The monoisotopic (exact) mass is 345 g/mol. The van der Waals surface area contributed by atoms with Crippen molar-refractivity contribution in [2.24, 2.45) is 0 Å². The Morgan fingerprint density at radius 1 is 1.19 bits per heavy atom. The molecule has 0 aliphatic heterocycles. The van der Waals surface area contributed by atoms with E-state index in [1.165, 1.54) is 0 Å². The Morgan fingerprint density at radius 3 is 2.69 bits per heavy atom. The predicted molar refractivity (Wildman–Crippen MR) is 102 cm³/mol. The van der Waals surface area contributed by atoms with E-state index >= 15 is 0 Å². The Morgan fingerprint density at radius 2 is 1.96 bits per heavy atom.